The van der Waals surface area contributed by atoms with E-state index in [4.69, 9.17) is 10.00 Å². The number of rotatable bonds is 7. The number of hydrogen-bond donors (Lipinski definition) is 3. The molecule has 0 atom stereocenters. The first kappa shape index (κ1) is 19.5. The molecule has 0 fully saturated rings. The second kappa shape index (κ2) is 9.00. The number of carbonyl (C=O) groups excluding carboxylic acids is 1. The lowest BCUT2D eigenvalue weighted by molar-refractivity contribution is -0.384. The Morgan fingerprint density at radius 3 is 2.74 bits per heavy atom. The number of methoxy groups -OCH3 is 1. The number of anilines is 2. The van der Waals surface area contributed by atoms with Crippen molar-refractivity contribution in [2.24, 2.45) is 0 Å². The molecule has 2 aromatic carbocycles. The van der Waals surface area contributed by atoms with Crippen LogP contribution < -0.4 is 20.7 Å². The molecule has 3 N–H and O–H groups in total. The van der Waals surface area contributed by atoms with Crippen molar-refractivity contribution in [3.63, 3.8) is 0 Å². The van der Waals surface area contributed by atoms with Crippen LogP contribution in [0.15, 0.2) is 36.4 Å². The van der Waals surface area contributed by atoms with E-state index in [1.165, 1.54) is 37.4 Å². The molecular formula is C17H16FN5O4. The minimum Gasteiger partial charge on any atom is -0.496 e. The average molecular weight is 373 g/mol. The number of nitro groups is 1. The van der Waals surface area contributed by atoms with Gasteiger partial charge in [-0.3, -0.25) is 10.1 Å². The number of benzene rings is 2. The molecule has 0 saturated heterocycles. The van der Waals surface area contributed by atoms with Crippen LogP contribution in [0.5, 0.6) is 5.75 Å². The van der Waals surface area contributed by atoms with Crippen molar-refractivity contribution < 1.29 is 18.8 Å². The topological polar surface area (TPSA) is 129 Å². The van der Waals surface area contributed by atoms with Crippen molar-refractivity contribution in [1.29, 1.82) is 5.26 Å². The molecule has 140 valence electrons. The van der Waals surface area contributed by atoms with Gasteiger partial charge >= 0.3 is 6.03 Å². The molecule has 0 aromatic heterocycles. The molecule has 0 spiro atoms. The average Bonchev–Trinajstić information content (AvgIpc) is 2.65. The fourth-order valence-corrected chi connectivity index (χ4v) is 2.22. The smallest absolute Gasteiger partial charge is 0.319 e. The Morgan fingerprint density at radius 2 is 2.07 bits per heavy atom. The summed E-state index contributed by atoms with van der Waals surface area (Å²) in [4.78, 5) is 22.4. The van der Waals surface area contributed by atoms with Gasteiger partial charge in [0.05, 0.1) is 23.8 Å². The molecule has 0 unspecified atom stereocenters. The van der Waals surface area contributed by atoms with Crippen molar-refractivity contribution in [3.05, 3.63) is 57.9 Å². The highest BCUT2D eigenvalue weighted by atomic mass is 19.1. The summed E-state index contributed by atoms with van der Waals surface area (Å²) in [5, 5.41) is 27.8. The van der Waals surface area contributed by atoms with Gasteiger partial charge in [0, 0.05) is 13.1 Å². The summed E-state index contributed by atoms with van der Waals surface area (Å²) < 4.78 is 18.4. The van der Waals surface area contributed by atoms with Gasteiger partial charge in [0.2, 0.25) is 0 Å². The number of hydrogen-bond acceptors (Lipinski definition) is 6. The first-order valence-electron chi connectivity index (χ1n) is 7.76. The standard InChI is InChI=1S/C17H16FN5O4/c1-27-11-5-6-15(16(9-11)23(25)26)22-17(24)21-8-7-20-14-4-2-3-13(18)12(14)10-19/h2-6,9,20H,7-8H2,1H3,(H2,21,22,24). The van der Waals surface area contributed by atoms with E-state index < -0.39 is 16.8 Å². The third kappa shape index (κ3) is 5.05. The van der Waals surface area contributed by atoms with Gasteiger partial charge < -0.3 is 20.7 Å². The largest absolute Gasteiger partial charge is 0.496 e. The summed E-state index contributed by atoms with van der Waals surface area (Å²) in [7, 11) is 1.38. The van der Waals surface area contributed by atoms with Crippen LogP contribution in [-0.4, -0.2) is 31.2 Å². The predicted octanol–water partition coefficient (Wildman–Crippen LogP) is 2.85. The molecule has 2 rings (SSSR count). The summed E-state index contributed by atoms with van der Waals surface area (Å²) in [6.45, 7) is 0.355. The molecule has 0 heterocycles. The molecule has 2 aromatic rings. The Hall–Kier alpha value is -3.87. The number of urea groups is 1. The van der Waals surface area contributed by atoms with Gasteiger partial charge in [0.25, 0.3) is 5.69 Å². The summed E-state index contributed by atoms with van der Waals surface area (Å²) in [5.41, 5.74) is -0.0921. The van der Waals surface area contributed by atoms with Gasteiger partial charge in [-0.1, -0.05) is 6.07 Å². The highest BCUT2D eigenvalue weighted by molar-refractivity contribution is 5.92. The molecule has 0 aliphatic carbocycles. The quantitative estimate of drug-likeness (QED) is 0.389. The van der Waals surface area contributed by atoms with E-state index in [1.807, 2.05) is 0 Å². The van der Waals surface area contributed by atoms with Gasteiger partial charge in [-0.05, 0) is 24.3 Å². The first-order chi connectivity index (χ1) is 13.0. The summed E-state index contributed by atoms with van der Waals surface area (Å²) >= 11 is 0. The molecule has 0 bridgehead atoms. The molecule has 27 heavy (non-hydrogen) atoms. The molecule has 10 heteroatoms. The van der Waals surface area contributed by atoms with Crippen LogP contribution in [0.25, 0.3) is 0 Å². The Bertz CT molecular complexity index is 897. The Balaban J connectivity index is 1.90. The van der Waals surface area contributed by atoms with Gasteiger partial charge in [0.1, 0.15) is 28.9 Å². The lowest BCUT2D eigenvalue weighted by Crippen LogP contribution is -2.32. The van der Waals surface area contributed by atoms with Crippen molar-refractivity contribution >= 4 is 23.1 Å². The Kier molecular flexibility index (Phi) is 6.49. The molecule has 0 radical (unpaired) electrons. The van der Waals surface area contributed by atoms with E-state index in [1.54, 1.807) is 12.1 Å². The van der Waals surface area contributed by atoms with Gasteiger partial charge in [-0.15, -0.1) is 0 Å². The lowest BCUT2D eigenvalue weighted by Gasteiger charge is -2.11. The second-order valence-electron chi connectivity index (χ2n) is 5.22. The SMILES string of the molecule is COc1ccc(NC(=O)NCCNc2cccc(F)c2C#N)c([N+](=O)[O-])c1. The zero-order valence-corrected chi connectivity index (χ0v) is 14.3. The fraction of sp³-hybridized carbons (Fsp3) is 0.176. The van der Waals surface area contributed by atoms with Crippen molar-refractivity contribution in [1.82, 2.24) is 5.32 Å². The van der Waals surface area contributed by atoms with Crippen LogP contribution in [0.2, 0.25) is 0 Å². The number of nitriles is 1. The monoisotopic (exact) mass is 373 g/mol. The van der Waals surface area contributed by atoms with E-state index in [0.29, 0.717) is 11.4 Å². The Labute approximate surface area is 153 Å². The van der Waals surface area contributed by atoms with Crippen LogP contribution in [0.1, 0.15) is 5.56 Å². The molecule has 9 nitrogen and oxygen atoms in total. The van der Waals surface area contributed by atoms with Crippen LogP contribution in [-0.2, 0) is 0 Å². The number of ether oxygens (including phenoxy) is 1. The summed E-state index contributed by atoms with van der Waals surface area (Å²) in [6.07, 6.45) is 0. The number of nitrogens with zero attached hydrogens (tertiary/aromatic N) is 2. The normalized spacial score (nSPS) is 9.81. The van der Waals surface area contributed by atoms with Crippen LogP contribution in [0, 0.1) is 27.3 Å². The zero-order valence-electron chi connectivity index (χ0n) is 14.3. The molecule has 0 saturated carbocycles. The lowest BCUT2D eigenvalue weighted by atomic mass is 10.2. The first-order valence-corrected chi connectivity index (χ1v) is 7.76. The van der Waals surface area contributed by atoms with Gasteiger partial charge in [0.15, 0.2) is 0 Å². The van der Waals surface area contributed by atoms with E-state index in [-0.39, 0.29) is 30.0 Å². The van der Waals surface area contributed by atoms with E-state index in [9.17, 15) is 19.3 Å². The maximum Gasteiger partial charge on any atom is 0.319 e. The highest BCUT2D eigenvalue weighted by Crippen LogP contribution is 2.28. The van der Waals surface area contributed by atoms with E-state index in [2.05, 4.69) is 16.0 Å². The third-order valence-corrected chi connectivity index (χ3v) is 3.50. The molecular weight excluding hydrogens is 357 g/mol. The van der Waals surface area contributed by atoms with E-state index in [0.717, 1.165) is 0 Å². The fourth-order valence-electron chi connectivity index (χ4n) is 2.22. The van der Waals surface area contributed by atoms with Crippen molar-refractivity contribution in [3.8, 4) is 11.8 Å². The van der Waals surface area contributed by atoms with Gasteiger partial charge in [-0.2, -0.15) is 5.26 Å². The number of carbonyl (C=O) groups is 1. The predicted molar refractivity (Wildman–Crippen MR) is 96.3 cm³/mol. The van der Waals surface area contributed by atoms with Crippen molar-refractivity contribution in [2.45, 2.75) is 0 Å². The highest BCUT2D eigenvalue weighted by Gasteiger charge is 2.17. The van der Waals surface area contributed by atoms with Crippen LogP contribution >= 0.6 is 0 Å². The maximum absolute atomic E-state index is 13.5. The van der Waals surface area contributed by atoms with Gasteiger partial charge in [-0.25, -0.2) is 9.18 Å². The molecule has 2 amide bonds. The molecule has 0 aliphatic heterocycles. The number of nitro benzene ring substituents is 1. The number of amides is 2. The minimum absolute atomic E-state index is 0.0168. The minimum atomic E-state index is -0.648. The Morgan fingerprint density at radius 1 is 1.30 bits per heavy atom. The second-order valence-corrected chi connectivity index (χ2v) is 5.22. The number of halogens is 1. The van der Waals surface area contributed by atoms with Crippen LogP contribution in [0.3, 0.4) is 0 Å². The maximum atomic E-state index is 13.5. The van der Waals surface area contributed by atoms with Crippen LogP contribution in [0.4, 0.5) is 26.2 Å². The van der Waals surface area contributed by atoms with Crippen molar-refractivity contribution in [2.75, 3.05) is 30.8 Å². The van der Waals surface area contributed by atoms with E-state index >= 15 is 0 Å². The third-order valence-electron chi connectivity index (χ3n) is 3.50. The molecule has 0 aliphatic rings. The summed E-state index contributed by atoms with van der Waals surface area (Å²) in [5.74, 6) is -0.347. The zero-order chi connectivity index (χ0) is 19.8. The number of nitrogens with one attached hydrogen (secondary N) is 3. The summed E-state index contributed by atoms with van der Waals surface area (Å²) in [6, 6.07) is 9.34.